The normalized spacial score (nSPS) is 52.7. The van der Waals surface area contributed by atoms with Gasteiger partial charge in [0.1, 0.15) is 11.7 Å². The van der Waals surface area contributed by atoms with Crippen molar-refractivity contribution in [1.29, 1.82) is 0 Å². The highest BCUT2D eigenvalue weighted by Gasteiger charge is 2.78. The molecule has 2 N–H and O–H groups in total. The lowest BCUT2D eigenvalue weighted by atomic mass is 9.45. The molecule has 3 heteroatoms. The van der Waals surface area contributed by atoms with Crippen LogP contribution >= 0.6 is 0 Å². The monoisotopic (exact) mass is 416 g/mol. The number of aliphatic hydroxyl groups is 2. The highest BCUT2D eigenvalue weighted by atomic mass is 16.6. The average Bonchev–Trinajstić information content (AvgIpc) is 3.25. The van der Waals surface area contributed by atoms with E-state index >= 15 is 0 Å². The van der Waals surface area contributed by atoms with Crippen LogP contribution in [0, 0.1) is 34.5 Å². The van der Waals surface area contributed by atoms with E-state index in [9.17, 15) is 10.2 Å². The second-order valence-corrected chi connectivity index (χ2v) is 12.7. The first-order chi connectivity index (χ1) is 14.1. The maximum atomic E-state index is 12.3. The Hall–Kier alpha value is -0.380. The van der Waals surface area contributed by atoms with Crippen molar-refractivity contribution >= 4 is 0 Å². The molecule has 1 heterocycles. The Morgan fingerprint density at radius 2 is 1.83 bits per heavy atom. The van der Waals surface area contributed by atoms with Gasteiger partial charge in [-0.15, -0.1) is 0 Å². The topological polar surface area (TPSA) is 53.0 Å². The Morgan fingerprint density at radius 3 is 2.57 bits per heavy atom. The molecule has 0 unspecified atom stereocenters. The molecule has 0 aromatic carbocycles. The van der Waals surface area contributed by atoms with Gasteiger partial charge in [0.2, 0.25) is 0 Å². The highest BCUT2D eigenvalue weighted by Crippen LogP contribution is 2.73. The molecule has 3 saturated carbocycles. The van der Waals surface area contributed by atoms with Gasteiger partial charge in [-0.3, -0.25) is 0 Å². The summed E-state index contributed by atoms with van der Waals surface area (Å²) in [6.45, 7) is 12.0. The summed E-state index contributed by atoms with van der Waals surface area (Å²) in [5, 5.41) is 22.6. The van der Waals surface area contributed by atoms with Gasteiger partial charge in [0.05, 0.1) is 11.7 Å². The van der Waals surface area contributed by atoms with Crippen LogP contribution < -0.4 is 0 Å². The third kappa shape index (κ3) is 2.67. The molecule has 4 aliphatic carbocycles. The van der Waals surface area contributed by atoms with Crippen LogP contribution in [0.25, 0.3) is 0 Å². The Labute approximate surface area is 183 Å². The predicted octanol–water partition coefficient (Wildman–Crippen LogP) is 5.63. The predicted molar refractivity (Wildman–Crippen MR) is 120 cm³/mol. The summed E-state index contributed by atoms with van der Waals surface area (Å²) < 4.78 is 6.33. The molecule has 3 nitrogen and oxygen atoms in total. The van der Waals surface area contributed by atoms with Gasteiger partial charge in [-0.05, 0) is 73.2 Å². The Morgan fingerprint density at radius 1 is 1.07 bits per heavy atom. The van der Waals surface area contributed by atoms with Crippen LogP contribution in [0.3, 0.4) is 0 Å². The first kappa shape index (κ1) is 21.5. The van der Waals surface area contributed by atoms with E-state index in [4.69, 9.17) is 4.74 Å². The Bertz CT molecular complexity index is 730. The van der Waals surface area contributed by atoms with Crippen molar-refractivity contribution < 1.29 is 14.9 Å². The van der Waals surface area contributed by atoms with Crippen LogP contribution in [0.1, 0.15) is 98.8 Å². The zero-order valence-corrected chi connectivity index (χ0v) is 19.9. The third-order valence-corrected chi connectivity index (χ3v) is 10.8. The van der Waals surface area contributed by atoms with E-state index in [2.05, 4.69) is 40.7 Å². The average molecular weight is 417 g/mol. The highest BCUT2D eigenvalue weighted by molar-refractivity contribution is 5.44. The number of aliphatic hydroxyl groups excluding tert-OH is 1. The fraction of sp³-hybridized carbons (Fsp3) is 0.926. The minimum atomic E-state index is -0.750. The number of fused-ring (bicyclic) bond motifs is 4. The van der Waals surface area contributed by atoms with E-state index in [0.29, 0.717) is 17.8 Å². The Balaban J connectivity index is 1.41. The zero-order chi connectivity index (χ0) is 21.5. The van der Waals surface area contributed by atoms with E-state index in [1.54, 1.807) is 0 Å². The van der Waals surface area contributed by atoms with Gasteiger partial charge in [0, 0.05) is 11.8 Å². The lowest BCUT2D eigenvalue weighted by molar-refractivity contribution is -0.157. The number of hydrogen-bond acceptors (Lipinski definition) is 3. The molecule has 4 fully saturated rings. The minimum Gasteiger partial charge on any atom is -0.393 e. The van der Waals surface area contributed by atoms with Crippen LogP contribution in [0.2, 0.25) is 0 Å². The standard InChI is InChI=1S/C27H44O3/c1-17(2)7-6-8-18(3)20-9-10-21-22-15-23-27(30-23)16-19(28)11-12-25(27,5)26(22,29)14-13-24(20,21)4/h15,17-21,23,28-29H,6-14,16H2,1-5H3/t18-,19+,20-,21+,23+,24-,25-,26-,27+/m1/s1. The fourth-order valence-corrected chi connectivity index (χ4v) is 8.88. The molecule has 0 bridgehead atoms. The quantitative estimate of drug-likeness (QED) is 0.451. The van der Waals surface area contributed by atoms with Gasteiger partial charge in [-0.2, -0.15) is 0 Å². The summed E-state index contributed by atoms with van der Waals surface area (Å²) in [5.41, 5.74) is 0.314. The van der Waals surface area contributed by atoms with Gasteiger partial charge in [-0.1, -0.05) is 60.0 Å². The maximum Gasteiger partial charge on any atom is 0.110 e. The van der Waals surface area contributed by atoms with Crippen molar-refractivity contribution in [2.45, 2.75) is 122 Å². The summed E-state index contributed by atoms with van der Waals surface area (Å²) in [4.78, 5) is 0. The molecule has 5 rings (SSSR count). The molecule has 1 spiro atoms. The summed E-state index contributed by atoms with van der Waals surface area (Å²) in [6.07, 6.45) is 13.1. The summed E-state index contributed by atoms with van der Waals surface area (Å²) in [7, 11) is 0. The van der Waals surface area contributed by atoms with Crippen LogP contribution in [-0.2, 0) is 4.74 Å². The molecule has 0 radical (unpaired) electrons. The van der Waals surface area contributed by atoms with Gasteiger partial charge in [-0.25, -0.2) is 0 Å². The second kappa shape index (κ2) is 6.81. The molecule has 0 aromatic heterocycles. The number of epoxide rings is 1. The third-order valence-electron chi connectivity index (χ3n) is 10.8. The van der Waals surface area contributed by atoms with E-state index < -0.39 is 5.60 Å². The van der Waals surface area contributed by atoms with Crippen LogP contribution in [-0.4, -0.2) is 33.6 Å². The van der Waals surface area contributed by atoms with Crippen molar-refractivity contribution in [2.75, 3.05) is 0 Å². The fourth-order valence-electron chi connectivity index (χ4n) is 8.88. The van der Waals surface area contributed by atoms with E-state index in [1.165, 1.54) is 37.7 Å². The molecule has 9 atom stereocenters. The summed E-state index contributed by atoms with van der Waals surface area (Å²) in [6, 6.07) is 0. The lowest BCUT2D eigenvalue weighted by Crippen LogP contribution is -2.65. The first-order valence-corrected chi connectivity index (χ1v) is 12.9. The Kier molecular flexibility index (Phi) is 4.87. The van der Waals surface area contributed by atoms with E-state index in [1.807, 2.05) is 0 Å². The molecular weight excluding hydrogens is 372 g/mol. The number of hydrogen-bond donors (Lipinski definition) is 2. The van der Waals surface area contributed by atoms with E-state index in [0.717, 1.165) is 43.4 Å². The molecule has 0 amide bonds. The molecular formula is C27H44O3. The van der Waals surface area contributed by atoms with Gasteiger partial charge in [0.25, 0.3) is 0 Å². The van der Waals surface area contributed by atoms with Crippen LogP contribution in [0.5, 0.6) is 0 Å². The van der Waals surface area contributed by atoms with Crippen molar-refractivity contribution in [3.63, 3.8) is 0 Å². The lowest BCUT2D eigenvalue weighted by Gasteiger charge is -2.60. The SMILES string of the molecule is CC(C)CCC[C@@H](C)[C@H]1CC[C@H]2C3=C[C@@H]4O[C@@]45C[C@@H](O)CC[C@]5(C)[C@@]3(O)CC[C@]12C. The first-order valence-electron chi connectivity index (χ1n) is 12.9. The van der Waals surface area contributed by atoms with Crippen molar-refractivity contribution in [3.05, 3.63) is 11.6 Å². The number of ether oxygens (including phenoxy) is 1. The van der Waals surface area contributed by atoms with Crippen LogP contribution in [0.4, 0.5) is 0 Å². The largest absolute Gasteiger partial charge is 0.393 e. The van der Waals surface area contributed by atoms with Gasteiger partial charge < -0.3 is 14.9 Å². The minimum absolute atomic E-state index is 0.109. The van der Waals surface area contributed by atoms with Gasteiger partial charge >= 0.3 is 0 Å². The molecule has 0 aromatic rings. The number of rotatable bonds is 5. The van der Waals surface area contributed by atoms with Gasteiger partial charge in [0.15, 0.2) is 0 Å². The van der Waals surface area contributed by atoms with Crippen molar-refractivity contribution in [1.82, 2.24) is 0 Å². The second-order valence-electron chi connectivity index (χ2n) is 12.7. The maximum absolute atomic E-state index is 12.3. The van der Waals surface area contributed by atoms with Crippen LogP contribution in [0.15, 0.2) is 11.6 Å². The molecule has 30 heavy (non-hydrogen) atoms. The van der Waals surface area contributed by atoms with Crippen molar-refractivity contribution in [2.24, 2.45) is 34.5 Å². The summed E-state index contributed by atoms with van der Waals surface area (Å²) in [5.74, 6) is 2.84. The zero-order valence-electron chi connectivity index (χ0n) is 19.9. The smallest absolute Gasteiger partial charge is 0.110 e. The van der Waals surface area contributed by atoms with Crippen molar-refractivity contribution in [3.8, 4) is 0 Å². The molecule has 1 aliphatic heterocycles. The van der Waals surface area contributed by atoms with E-state index in [-0.39, 0.29) is 23.2 Å². The molecule has 5 aliphatic rings. The molecule has 170 valence electrons. The molecule has 1 saturated heterocycles. The summed E-state index contributed by atoms with van der Waals surface area (Å²) >= 11 is 0.